The fourth-order valence-electron chi connectivity index (χ4n) is 5.79. The molecular weight excluding hydrogens is 571 g/mol. The summed E-state index contributed by atoms with van der Waals surface area (Å²) in [6.45, 7) is 12.1. The number of nitrogens with two attached hydrogens (primary N) is 1. The summed E-state index contributed by atoms with van der Waals surface area (Å²) in [5.74, 6) is 0. The number of benzene rings is 3. The molecule has 5 nitrogen and oxygen atoms in total. The number of fused-ring (bicyclic) bond motifs is 5. The summed E-state index contributed by atoms with van der Waals surface area (Å²) in [4.78, 5) is 9.14. The number of allylic oxidation sites excluding steroid dienone is 9. The average Bonchev–Trinajstić information content (AvgIpc) is 3.80. The van der Waals surface area contributed by atoms with Crippen molar-refractivity contribution < 1.29 is 0 Å². The van der Waals surface area contributed by atoms with Crippen LogP contribution in [0, 0.1) is 0 Å². The van der Waals surface area contributed by atoms with Crippen LogP contribution >= 0.6 is 11.3 Å². The van der Waals surface area contributed by atoms with Crippen LogP contribution in [0.2, 0.25) is 0 Å². The number of hydrogen-bond acceptors (Lipinski definition) is 4. The van der Waals surface area contributed by atoms with Crippen LogP contribution in [-0.2, 0) is 6.54 Å². The number of hydrogen-bond donors (Lipinski definition) is 1. The molecule has 0 aliphatic heterocycles. The largest absolute Gasteiger partial charge is 0.397 e. The van der Waals surface area contributed by atoms with Crippen LogP contribution < -0.4 is 5.73 Å². The minimum absolute atomic E-state index is 0.483. The first-order valence-corrected chi connectivity index (χ1v) is 15.7. The minimum Gasteiger partial charge on any atom is -0.397 e. The average molecular weight is 606 g/mol. The Morgan fingerprint density at radius 1 is 0.911 bits per heavy atom. The van der Waals surface area contributed by atoms with Gasteiger partial charge in [0.05, 0.1) is 34.5 Å². The number of nitrogens with zero attached hydrogens (tertiary/aromatic N) is 4. The quantitative estimate of drug-likeness (QED) is 0.123. The van der Waals surface area contributed by atoms with Crippen molar-refractivity contribution in [3.8, 4) is 5.69 Å². The lowest BCUT2D eigenvalue weighted by molar-refractivity contribution is 1.06. The summed E-state index contributed by atoms with van der Waals surface area (Å²) in [5, 5.41) is 6.44. The lowest BCUT2D eigenvalue weighted by Crippen LogP contribution is -2.13. The molecule has 0 amide bonds. The zero-order valence-corrected chi connectivity index (χ0v) is 26.3. The van der Waals surface area contributed by atoms with Crippen molar-refractivity contribution in [2.45, 2.75) is 20.4 Å². The molecule has 222 valence electrons. The van der Waals surface area contributed by atoms with E-state index in [9.17, 15) is 0 Å². The van der Waals surface area contributed by atoms with E-state index in [0.717, 1.165) is 38.7 Å². The van der Waals surface area contributed by atoms with Gasteiger partial charge in [-0.2, -0.15) is 0 Å². The van der Waals surface area contributed by atoms with E-state index in [2.05, 4.69) is 119 Å². The second kappa shape index (κ2) is 13.0. The summed E-state index contributed by atoms with van der Waals surface area (Å²) < 4.78 is 4.60. The maximum atomic E-state index is 6.48. The third-order valence-electron chi connectivity index (χ3n) is 7.88. The summed E-state index contributed by atoms with van der Waals surface area (Å²) in [7, 11) is 0. The van der Waals surface area contributed by atoms with Gasteiger partial charge in [0.15, 0.2) is 0 Å². The zero-order valence-electron chi connectivity index (χ0n) is 25.5. The lowest BCUT2D eigenvalue weighted by atomic mass is 10.1. The number of para-hydroxylation sites is 1. The number of rotatable bonds is 10. The molecule has 0 aliphatic carbocycles. The van der Waals surface area contributed by atoms with Gasteiger partial charge < -0.3 is 14.9 Å². The molecule has 0 saturated carbocycles. The molecule has 3 aromatic carbocycles. The van der Waals surface area contributed by atoms with Crippen LogP contribution in [0.5, 0.6) is 0 Å². The molecule has 2 N–H and O–H groups in total. The summed E-state index contributed by atoms with van der Waals surface area (Å²) in [6.07, 6.45) is 15.8. The molecule has 0 unspecified atom stereocenters. The van der Waals surface area contributed by atoms with Gasteiger partial charge in [-0.15, -0.1) is 11.3 Å². The molecule has 0 radical (unpaired) electrons. The first-order valence-electron chi connectivity index (χ1n) is 14.9. The van der Waals surface area contributed by atoms with Gasteiger partial charge in [0.2, 0.25) is 0 Å². The highest BCUT2D eigenvalue weighted by Crippen LogP contribution is 2.37. The molecule has 45 heavy (non-hydrogen) atoms. The maximum absolute atomic E-state index is 6.48. The molecule has 0 aliphatic rings. The fraction of sp³-hybridized carbons (Fsp3) is 0.0769. The Kier molecular flexibility index (Phi) is 8.58. The zero-order chi connectivity index (χ0) is 31.3. The van der Waals surface area contributed by atoms with Crippen LogP contribution in [-0.4, -0.2) is 21.6 Å². The van der Waals surface area contributed by atoms with Crippen molar-refractivity contribution >= 4 is 67.2 Å². The monoisotopic (exact) mass is 605 g/mol. The normalized spacial score (nSPS) is 13.2. The number of aliphatic imine (C=N–C) groups is 2. The first kappa shape index (κ1) is 29.6. The molecular formula is C39H35N5S. The van der Waals surface area contributed by atoms with Crippen molar-refractivity contribution in [2.24, 2.45) is 15.7 Å². The second-order valence-electron chi connectivity index (χ2n) is 10.5. The highest BCUT2D eigenvalue weighted by molar-refractivity contribution is 7.14. The predicted molar refractivity (Wildman–Crippen MR) is 196 cm³/mol. The minimum atomic E-state index is 0.483. The van der Waals surface area contributed by atoms with Crippen LogP contribution in [0.4, 0.5) is 5.00 Å². The van der Waals surface area contributed by atoms with E-state index in [1.54, 1.807) is 6.08 Å². The highest BCUT2D eigenvalue weighted by atomic mass is 32.1. The molecule has 0 spiro atoms. The van der Waals surface area contributed by atoms with Gasteiger partial charge in [0, 0.05) is 39.3 Å². The molecule has 0 saturated heterocycles. The Bertz CT molecular complexity index is 2190. The Morgan fingerprint density at radius 2 is 1.73 bits per heavy atom. The van der Waals surface area contributed by atoms with Gasteiger partial charge in [0.25, 0.3) is 0 Å². The van der Waals surface area contributed by atoms with E-state index < -0.39 is 0 Å². The van der Waals surface area contributed by atoms with Gasteiger partial charge in [-0.3, -0.25) is 9.98 Å². The SMILES string of the molecule is C=C/C=C\C(=C/C)n1ccc2c1ccc1c3ccccc3n(-c3ccc(CN=C(/C(N)=C/C=C\C)c4ccsc4N=C)cc3)c12. The van der Waals surface area contributed by atoms with Gasteiger partial charge in [-0.05, 0) is 80.1 Å². The molecule has 0 bridgehead atoms. The molecule has 3 heterocycles. The van der Waals surface area contributed by atoms with E-state index in [4.69, 9.17) is 10.7 Å². The number of thiophene rings is 1. The van der Waals surface area contributed by atoms with Crippen molar-refractivity contribution in [2.75, 3.05) is 0 Å². The predicted octanol–water partition coefficient (Wildman–Crippen LogP) is 10.1. The summed E-state index contributed by atoms with van der Waals surface area (Å²) in [5.41, 5.74) is 15.5. The van der Waals surface area contributed by atoms with Gasteiger partial charge in [-0.1, -0.05) is 73.4 Å². The molecule has 3 aromatic heterocycles. The summed E-state index contributed by atoms with van der Waals surface area (Å²) >= 11 is 1.53. The first-order chi connectivity index (χ1) is 22.1. The Balaban J connectivity index is 1.44. The van der Waals surface area contributed by atoms with E-state index >= 15 is 0 Å². The highest BCUT2D eigenvalue weighted by Gasteiger charge is 2.17. The van der Waals surface area contributed by atoms with Gasteiger partial charge in [-0.25, -0.2) is 0 Å². The van der Waals surface area contributed by atoms with Crippen LogP contribution in [0.15, 0.2) is 149 Å². The van der Waals surface area contributed by atoms with Crippen LogP contribution in [0.1, 0.15) is 25.0 Å². The van der Waals surface area contributed by atoms with E-state index in [1.165, 1.54) is 38.5 Å². The maximum Gasteiger partial charge on any atom is 0.124 e. The van der Waals surface area contributed by atoms with E-state index in [-0.39, 0.29) is 0 Å². The Hall–Kier alpha value is -5.46. The van der Waals surface area contributed by atoms with Crippen LogP contribution in [0.3, 0.4) is 0 Å². The molecule has 0 fully saturated rings. The Labute approximate surface area is 267 Å². The smallest absolute Gasteiger partial charge is 0.124 e. The van der Waals surface area contributed by atoms with Crippen LogP contribution in [0.25, 0.3) is 44.1 Å². The topological polar surface area (TPSA) is 60.6 Å². The Morgan fingerprint density at radius 3 is 2.49 bits per heavy atom. The summed E-state index contributed by atoms with van der Waals surface area (Å²) in [6, 6.07) is 25.9. The van der Waals surface area contributed by atoms with Gasteiger partial charge >= 0.3 is 0 Å². The molecule has 6 rings (SSSR count). The third-order valence-corrected chi connectivity index (χ3v) is 8.72. The standard InChI is InChI=1S/C39H35N5S/c1-5-8-12-28(7-3)43-24-22-32-35(43)21-20-31-30-13-10-11-15-36(30)44(38(31)32)29-18-16-27(17-19-29)26-42-37(34(40)14-9-6-2)33-23-25-45-39(33)41-4/h5-25H,1,4,26,40H2,2-3H3/b9-6-,12-8-,28-7+,34-14-,42-37?. The van der Waals surface area contributed by atoms with E-state index in [1.807, 2.05) is 42.7 Å². The number of aromatic nitrogens is 2. The fourth-order valence-corrected chi connectivity index (χ4v) is 6.49. The van der Waals surface area contributed by atoms with Crippen molar-refractivity contribution in [3.05, 3.63) is 150 Å². The molecule has 6 heteroatoms. The van der Waals surface area contributed by atoms with E-state index in [0.29, 0.717) is 12.2 Å². The van der Waals surface area contributed by atoms with Crippen molar-refractivity contribution in [1.29, 1.82) is 0 Å². The molecule has 6 aromatic rings. The lowest BCUT2D eigenvalue weighted by Gasteiger charge is -2.11. The van der Waals surface area contributed by atoms with Gasteiger partial charge in [0.1, 0.15) is 5.00 Å². The van der Waals surface area contributed by atoms with Crippen molar-refractivity contribution in [1.82, 2.24) is 9.13 Å². The second-order valence-corrected chi connectivity index (χ2v) is 11.4. The van der Waals surface area contributed by atoms with Crippen molar-refractivity contribution in [3.63, 3.8) is 0 Å². The molecule has 0 atom stereocenters. The third kappa shape index (κ3) is 5.52.